The van der Waals surface area contributed by atoms with Gasteiger partial charge in [-0.2, -0.15) is 0 Å². The summed E-state index contributed by atoms with van der Waals surface area (Å²) in [5, 5.41) is 21.4. The van der Waals surface area contributed by atoms with Gasteiger partial charge in [-0.25, -0.2) is 0 Å². The lowest BCUT2D eigenvalue weighted by Gasteiger charge is -2.34. The zero-order chi connectivity index (χ0) is 31.3. The van der Waals surface area contributed by atoms with Crippen LogP contribution in [-0.2, 0) is 5.41 Å². The van der Waals surface area contributed by atoms with E-state index in [0.29, 0.717) is 36.7 Å². The molecule has 0 spiro atoms. The lowest BCUT2D eigenvalue weighted by molar-refractivity contribution is 0.0434. The largest absolute Gasteiger partial charge is 0.488 e. The van der Waals surface area contributed by atoms with Gasteiger partial charge in [-0.05, 0) is 152 Å². The number of hydrogen-bond donors (Lipinski definition) is 2. The molecule has 0 aromatic heterocycles. The molecule has 0 radical (unpaired) electrons. The van der Waals surface area contributed by atoms with Crippen molar-refractivity contribution in [2.75, 3.05) is 39.4 Å². The first-order valence-electron chi connectivity index (χ1n) is 15.5. The van der Waals surface area contributed by atoms with Crippen LogP contribution >= 0.6 is 63.7 Å². The van der Waals surface area contributed by atoms with E-state index in [1.54, 1.807) is 0 Å². The second kappa shape index (κ2) is 16.1. The number of piperidine rings is 2. The van der Waals surface area contributed by atoms with Crippen molar-refractivity contribution in [3.63, 3.8) is 0 Å². The molecule has 2 saturated heterocycles. The Morgan fingerprint density at radius 2 is 1.05 bits per heavy atom. The molecule has 10 heteroatoms. The fourth-order valence-corrected chi connectivity index (χ4v) is 8.98. The maximum atomic E-state index is 10.7. The van der Waals surface area contributed by atoms with Gasteiger partial charge in [0.05, 0.1) is 17.9 Å². The van der Waals surface area contributed by atoms with Crippen molar-refractivity contribution in [3.05, 3.63) is 53.3 Å². The van der Waals surface area contributed by atoms with Crippen LogP contribution in [0, 0.1) is 0 Å². The van der Waals surface area contributed by atoms with Crippen molar-refractivity contribution >= 4 is 63.7 Å². The van der Waals surface area contributed by atoms with Gasteiger partial charge in [0.15, 0.2) is 0 Å². The van der Waals surface area contributed by atoms with Crippen molar-refractivity contribution in [1.29, 1.82) is 0 Å². The Morgan fingerprint density at radius 3 is 1.37 bits per heavy atom. The summed E-state index contributed by atoms with van der Waals surface area (Å²) in [5.74, 6) is 1.38. The fraction of sp³-hybridized carbons (Fsp3) is 0.636. The number of likely N-dealkylation sites (tertiary alicyclic amines) is 2. The van der Waals surface area contributed by atoms with Crippen LogP contribution in [0.1, 0.15) is 77.3 Å². The summed E-state index contributed by atoms with van der Waals surface area (Å²) in [6, 6.07) is 9.35. The molecule has 6 nitrogen and oxygen atoms in total. The first kappa shape index (κ1) is 35.7. The average molecular weight is 854 g/mol. The predicted octanol–water partition coefficient (Wildman–Crippen LogP) is 8.29. The molecule has 4 unspecified atom stereocenters. The summed E-state index contributed by atoms with van der Waals surface area (Å²) in [6.45, 7) is 12.6. The summed E-state index contributed by atoms with van der Waals surface area (Å²) in [6.07, 6.45) is 6.18. The Hall–Kier alpha value is -0.200. The van der Waals surface area contributed by atoms with Crippen molar-refractivity contribution in [2.45, 2.75) is 95.9 Å². The maximum absolute atomic E-state index is 10.7. The van der Waals surface area contributed by atoms with E-state index in [1.165, 1.54) is 38.5 Å². The highest BCUT2D eigenvalue weighted by Gasteiger charge is 2.28. The maximum Gasteiger partial charge on any atom is 0.147 e. The van der Waals surface area contributed by atoms with Gasteiger partial charge in [0.2, 0.25) is 0 Å². The molecule has 43 heavy (non-hydrogen) atoms. The van der Waals surface area contributed by atoms with Crippen LogP contribution in [0.3, 0.4) is 0 Å². The molecule has 0 aliphatic carbocycles. The van der Waals surface area contributed by atoms with Crippen LogP contribution < -0.4 is 9.47 Å². The Labute approximate surface area is 291 Å². The van der Waals surface area contributed by atoms with Gasteiger partial charge in [0, 0.05) is 30.6 Å². The van der Waals surface area contributed by atoms with Crippen LogP contribution in [0.15, 0.2) is 42.2 Å². The van der Waals surface area contributed by atoms with Gasteiger partial charge in [-0.3, -0.25) is 9.80 Å². The summed E-state index contributed by atoms with van der Waals surface area (Å²) in [4.78, 5) is 4.72. The van der Waals surface area contributed by atoms with Gasteiger partial charge in [0.1, 0.15) is 36.9 Å². The van der Waals surface area contributed by atoms with Crippen LogP contribution in [0.5, 0.6) is 11.5 Å². The Morgan fingerprint density at radius 1 is 0.698 bits per heavy atom. The lowest BCUT2D eigenvalue weighted by atomic mass is 9.78. The summed E-state index contributed by atoms with van der Waals surface area (Å²) in [7, 11) is 0. The molecule has 4 rings (SSSR count). The number of rotatable bonds is 12. The summed E-state index contributed by atoms with van der Waals surface area (Å²) < 4.78 is 15.5. The molecule has 2 fully saturated rings. The second-order valence-electron chi connectivity index (χ2n) is 12.8. The number of ether oxygens (including phenoxy) is 2. The van der Waals surface area contributed by atoms with E-state index in [9.17, 15) is 10.2 Å². The van der Waals surface area contributed by atoms with E-state index in [0.717, 1.165) is 42.1 Å². The number of hydrogen-bond acceptors (Lipinski definition) is 6. The minimum absolute atomic E-state index is 0.232. The van der Waals surface area contributed by atoms with E-state index < -0.39 is 12.2 Å². The standard InChI is InChI=1S/C33H46Br4N2O4/c1-21-9-5-7-11-38(21)17-25(40)19-42-31-27(34)13-23(14-28(31)35)33(3,4)24-15-29(36)32(30(37)16-24)43-20-26(41)18-39-12-8-6-10-22(39)2/h13-16,21-22,25-26,40-41H,5-12,17-20H2,1-4H3. The van der Waals surface area contributed by atoms with Crippen molar-refractivity contribution in [3.8, 4) is 11.5 Å². The number of benzene rings is 2. The van der Waals surface area contributed by atoms with E-state index in [-0.39, 0.29) is 18.6 Å². The first-order valence-corrected chi connectivity index (χ1v) is 18.6. The van der Waals surface area contributed by atoms with Gasteiger partial charge >= 0.3 is 0 Å². The Kier molecular flexibility index (Phi) is 13.3. The Bertz CT molecular complexity index is 1090. The molecule has 2 aliphatic heterocycles. The molecule has 2 heterocycles. The third kappa shape index (κ3) is 9.43. The molecule has 240 valence electrons. The van der Waals surface area contributed by atoms with Crippen LogP contribution in [0.2, 0.25) is 0 Å². The van der Waals surface area contributed by atoms with Gasteiger partial charge in [-0.1, -0.05) is 26.7 Å². The van der Waals surface area contributed by atoms with E-state index in [2.05, 4.69) is 125 Å². The third-order valence-electron chi connectivity index (χ3n) is 9.05. The number of halogens is 4. The highest BCUT2D eigenvalue weighted by molar-refractivity contribution is 9.11. The third-order valence-corrected chi connectivity index (χ3v) is 11.4. The zero-order valence-corrected chi connectivity index (χ0v) is 32.1. The van der Waals surface area contributed by atoms with Crippen molar-refractivity contribution in [2.24, 2.45) is 0 Å². The highest BCUT2D eigenvalue weighted by Crippen LogP contribution is 2.44. The normalized spacial score (nSPS) is 21.9. The van der Waals surface area contributed by atoms with Crippen LogP contribution in [0.25, 0.3) is 0 Å². The Balaban J connectivity index is 1.40. The lowest BCUT2D eigenvalue weighted by Crippen LogP contribution is -2.43. The minimum atomic E-state index is -0.555. The second-order valence-corrected chi connectivity index (χ2v) is 16.2. The average Bonchev–Trinajstić information content (AvgIpc) is 2.94. The molecule has 0 amide bonds. The first-order chi connectivity index (χ1) is 20.4. The molecule has 2 aromatic rings. The molecule has 2 N–H and O–H groups in total. The van der Waals surface area contributed by atoms with E-state index in [1.807, 2.05) is 0 Å². The van der Waals surface area contributed by atoms with Crippen LogP contribution in [-0.4, -0.2) is 83.7 Å². The van der Waals surface area contributed by atoms with E-state index >= 15 is 0 Å². The van der Waals surface area contributed by atoms with Crippen molar-refractivity contribution in [1.82, 2.24) is 9.80 Å². The molecule has 2 aliphatic rings. The smallest absolute Gasteiger partial charge is 0.147 e. The molecule has 4 atom stereocenters. The topological polar surface area (TPSA) is 65.4 Å². The molecule has 0 bridgehead atoms. The fourth-order valence-electron chi connectivity index (χ4n) is 6.15. The number of nitrogens with zero attached hydrogens (tertiary/aromatic N) is 2. The van der Waals surface area contributed by atoms with Crippen molar-refractivity contribution < 1.29 is 19.7 Å². The van der Waals surface area contributed by atoms with Gasteiger partial charge in [0.25, 0.3) is 0 Å². The monoisotopic (exact) mass is 850 g/mol. The molecule has 0 saturated carbocycles. The number of aliphatic hydroxyl groups excluding tert-OH is 2. The van der Waals surface area contributed by atoms with Gasteiger partial charge < -0.3 is 19.7 Å². The molecular weight excluding hydrogens is 808 g/mol. The quantitative estimate of drug-likeness (QED) is 0.224. The van der Waals surface area contributed by atoms with Gasteiger partial charge in [-0.15, -0.1) is 0 Å². The summed E-state index contributed by atoms with van der Waals surface area (Å²) in [5.41, 5.74) is 1.85. The van der Waals surface area contributed by atoms with Crippen LogP contribution in [0.4, 0.5) is 0 Å². The zero-order valence-electron chi connectivity index (χ0n) is 25.7. The predicted molar refractivity (Wildman–Crippen MR) is 189 cm³/mol. The summed E-state index contributed by atoms with van der Waals surface area (Å²) >= 11 is 14.9. The highest BCUT2D eigenvalue weighted by atomic mass is 79.9. The SMILES string of the molecule is CC1CCCCN1CC(O)COc1c(Br)cc(C(C)(C)c2cc(Br)c(OCC(O)CN3CCCCC3C)c(Br)c2)cc1Br. The number of aliphatic hydroxyl groups is 2. The molecular formula is C33H46Br4N2O4. The molecule has 2 aromatic carbocycles. The minimum Gasteiger partial charge on any atom is -0.488 e. The number of β-amino-alcohol motifs (C(OH)–C–C–N with tert-alkyl or cyclic N) is 2. The van der Waals surface area contributed by atoms with E-state index in [4.69, 9.17) is 9.47 Å².